The van der Waals surface area contributed by atoms with E-state index < -0.39 is 0 Å². The number of carbonyl (C=O) groups is 1. The van der Waals surface area contributed by atoms with Crippen LogP contribution in [0.4, 0.5) is 0 Å². The molecular formula is C31H44N2O3. The largest absolute Gasteiger partial charge is 0.507 e. The van der Waals surface area contributed by atoms with Crippen molar-refractivity contribution in [2.45, 2.75) is 78.6 Å². The number of carbonyl (C=O) groups excluding carboxylic acids is 1. The fourth-order valence-electron chi connectivity index (χ4n) is 5.35. The molecule has 1 aliphatic rings. The van der Waals surface area contributed by atoms with Crippen LogP contribution in [0.2, 0.25) is 0 Å². The van der Waals surface area contributed by atoms with Crippen molar-refractivity contribution >= 4 is 11.6 Å². The maximum absolute atomic E-state index is 13.6. The molecule has 0 radical (unpaired) electrons. The normalized spacial score (nSPS) is 18.6. The lowest BCUT2D eigenvalue weighted by atomic mass is 9.78. The Balaban J connectivity index is 1.89. The number of nitrogens with zero attached hydrogens (tertiary/aromatic N) is 1. The van der Waals surface area contributed by atoms with Gasteiger partial charge in [0.15, 0.2) is 5.78 Å². The molecule has 1 aliphatic heterocycles. The smallest absolute Gasteiger partial charge is 0.182 e. The number of phenols is 1. The molecule has 36 heavy (non-hydrogen) atoms. The zero-order valence-electron chi connectivity index (χ0n) is 23.4. The zero-order valence-corrected chi connectivity index (χ0v) is 23.4. The number of benzene rings is 2. The molecule has 0 spiro atoms. The number of ketones is 1. The summed E-state index contributed by atoms with van der Waals surface area (Å²) in [6.07, 6.45) is 2.80. The monoisotopic (exact) mass is 492 g/mol. The van der Waals surface area contributed by atoms with Crippen molar-refractivity contribution in [3.63, 3.8) is 0 Å². The molecule has 1 saturated heterocycles. The number of ether oxygens (including phenoxy) is 1. The topological polar surface area (TPSA) is 73.6 Å². The summed E-state index contributed by atoms with van der Waals surface area (Å²) in [5.74, 6) is 2.05. The molecule has 5 heteroatoms. The third-order valence-electron chi connectivity index (χ3n) is 7.39. The molecule has 0 aromatic heterocycles. The van der Waals surface area contributed by atoms with Crippen LogP contribution in [0.25, 0.3) is 0 Å². The van der Waals surface area contributed by atoms with E-state index in [0.717, 1.165) is 41.7 Å². The molecule has 2 atom stereocenters. The van der Waals surface area contributed by atoms with Gasteiger partial charge in [-0.05, 0) is 53.4 Å². The number of Topliss-reactive ketones (excluding diaryl/α,β-unsaturated/α-hetero) is 1. The van der Waals surface area contributed by atoms with Gasteiger partial charge in [0.05, 0.1) is 13.7 Å². The number of hydrogen-bond acceptors (Lipinski definition) is 4. The van der Waals surface area contributed by atoms with E-state index in [-0.39, 0.29) is 34.8 Å². The van der Waals surface area contributed by atoms with E-state index in [9.17, 15) is 9.90 Å². The molecule has 0 saturated carbocycles. The maximum atomic E-state index is 13.6. The Morgan fingerprint density at radius 1 is 1.08 bits per heavy atom. The second-order valence-electron chi connectivity index (χ2n) is 12.3. The van der Waals surface area contributed by atoms with Gasteiger partial charge in [0, 0.05) is 29.2 Å². The third-order valence-corrected chi connectivity index (χ3v) is 7.39. The van der Waals surface area contributed by atoms with Gasteiger partial charge in [0.25, 0.3) is 0 Å². The fraction of sp³-hybridized carbons (Fsp3) is 0.548. The van der Waals surface area contributed by atoms with E-state index in [1.807, 2.05) is 35.2 Å². The number of amidine groups is 1. The molecule has 0 bridgehead atoms. The number of para-hydroxylation sites is 1. The first-order valence-electron chi connectivity index (χ1n) is 13.1. The van der Waals surface area contributed by atoms with Crippen molar-refractivity contribution in [3.8, 4) is 11.5 Å². The summed E-state index contributed by atoms with van der Waals surface area (Å²) in [4.78, 5) is 15.6. The number of rotatable bonds is 8. The molecule has 2 aromatic rings. The maximum Gasteiger partial charge on any atom is 0.182 e. The predicted octanol–water partition coefficient (Wildman–Crippen LogP) is 6.75. The molecule has 5 nitrogen and oxygen atoms in total. The van der Waals surface area contributed by atoms with Gasteiger partial charge >= 0.3 is 0 Å². The number of phenolic OH excluding ortho intramolecular Hbond substituents is 1. The van der Waals surface area contributed by atoms with E-state index in [2.05, 4.69) is 54.5 Å². The molecule has 1 fully saturated rings. The molecular weight excluding hydrogens is 448 g/mol. The minimum Gasteiger partial charge on any atom is -0.507 e. The average molecular weight is 493 g/mol. The predicted molar refractivity (Wildman–Crippen MR) is 148 cm³/mol. The van der Waals surface area contributed by atoms with Crippen LogP contribution in [0, 0.1) is 17.2 Å². The summed E-state index contributed by atoms with van der Waals surface area (Å²) < 4.78 is 5.56. The number of nitrogens with one attached hydrogen (secondary N) is 1. The van der Waals surface area contributed by atoms with Gasteiger partial charge in [-0.25, -0.2) is 0 Å². The van der Waals surface area contributed by atoms with Crippen LogP contribution in [0.1, 0.15) is 88.4 Å². The summed E-state index contributed by atoms with van der Waals surface area (Å²) in [6.45, 7) is 15.4. The van der Waals surface area contributed by atoms with Crippen molar-refractivity contribution in [1.29, 1.82) is 5.41 Å². The Bertz CT molecular complexity index is 1070. The lowest BCUT2D eigenvalue weighted by Gasteiger charge is -2.28. The first-order chi connectivity index (χ1) is 16.8. The van der Waals surface area contributed by atoms with Crippen molar-refractivity contribution in [2.24, 2.45) is 11.8 Å². The number of hydrogen-bond donors (Lipinski definition) is 2. The number of likely N-dealkylation sites (tertiary alicyclic amines) is 1. The highest BCUT2D eigenvalue weighted by atomic mass is 16.5. The van der Waals surface area contributed by atoms with Crippen molar-refractivity contribution in [2.75, 3.05) is 20.2 Å². The second-order valence-corrected chi connectivity index (χ2v) is 12.3. The molecule has 3 rings (SSSR count). The van der Waals surface area contributed by atoms with Crippen LogP contribution in [0.3, 0.4) is 0 Å². The fourth-order valence-corrected chi connectivity index (χ4v) is 5.35. The van der Waals surface area contributed by atoms with Gasteiger partial charge in [0.2, 0.25) is 0 Å². The molecule has 196 valence electrons. The molecule has 0 aliphatic carbocycles. The Hall–Kier alpha value is -2.82. The van der Waals surface area contributed by atoms with Gasteiger partial charge in [-0.2, -0.15) is 0 Å². The third kappa shape index (κ3) is 5.93. The van der Waals surface area contributed by atoms with E-state index in [1.165, 1.54) is 0 Å². The minimum absolute atomic E-state index is 0.0102. The van der Waals surface area contributed by atoms with Crippen LogP contribution >= 0.6 is 0 Å². The molecule has 0 amide bonds. The average Bonchev–Trinajstić information content (AvgIpc) is 3.07. The highest BCUT2D eigenvalue weighted by Gasteiger charge is 2.38. The lowest BCUT2D eigenvalue weighted by Crippen LogP contribution is -2.33. The highest BCUT2D eigenvalue weighted by molar-refractivity contribution is 6.01. The van der Waals surface area contributed by atoms with Crippen molar-refractivity contribution < 1.29 is 14.6 Å². The lowest BCUT2D eigenvalue weighted by molar-refractivity contribution is 0.0963. The Labute approximate surface area is 217 Å². The van der Waals surface area contributed by atoms with Gasteiger partial charge in [-0.1, -0.05) is 73.1 Å². The Morgan fingerprint density at radius 3 is 2.19 bits per heavy atom. The SMILES string of the molecule is CCC[C@H]1CN(CC(=O)c2cc(C(C)(C)C)c(O)c(C(C)(C)C)c2)C(=N)[C@@H]1Cc1ccccc1OC. The van der Waals surface area contributed by atoms with Gasteiger partial charge < -0.3 is 14.7 Å². The first-order valence-corrected chi connectivity index (χ1v) is 13.1. The van der Waals surface area contributed by atoms with E-state index >= 15 is 0 Å². The molecule has 1 heterocycles. The Morgan fingerprint density at radius 2 is 1.67 bits per heavy atom. The van der Waals surface area contributed by atoms with Gasteiger partial charge in [0.1, 0.15) is 17.3 Å². The van der Waals surface area contributed by atoms with Crippen LogP contribution in [-0.2, 0) is 17.3 Å². The van der Waals surface area contributed by atoms with Gasteiger partial charge in [-0.15, -0.1) is 0 Å². The molecule has 2 N–H and O–H groups in total. The second kappa shape index (κ2) is 10.7. The summed E-state index contributed by atoms with van der Waals surface area (Å²) >= 11 is 0. The first kappa shape index (κ1) is 27.8. The van der Waals surface area contributed by atoms with Crippen molar-refractivity contribution in [1.82, 2.24) is 4.90 Å². The highest BCUT2D eigenvalue weighted by Crippen LogP contribution is 2.40. The van der Waals surface area contributed by atoms with E-state index in [4.69, 9.17) is 10.1 Å². The number of methoxy groups -OCH3 is 1. The molecule has 2 aromatic carbocycles. The van der Waals surface area contributed by atoms with Gasteiger partial charge in [-0.3, -0.25) is 10.2 Å². The van der Waals surface area contributed by atoms with Crippen LogP contribution < -0.4 is 4.74 Å². The minimum atomic E-state index is -0.299. The summed E-state index contributed by atoms with van der Waals surface area (Å²) in [7, 11) is 1.68. The van der Waals surface area contributed by atoms with Crippen LogP contribution in [0.15, 0.2) is 36.4 Å². The summed E-state index contributed by atoms with van der Waals surface area (Å²) in [5, 5.41) is 20.1. The van der Waals surface area contributed by atoms with Crippen molar-refractivity contribution in [3.05, 3.63) is 58.7 Å². The quantitative estimate of drug-likeness (QED) is 0.400. The zero-order chi connectivity index (χ0) is 26.8. The van der Waals surface area contributed by atoms with E-state index in [0.29, 0.717) is 23.9 Å². The van der Waals surface area contributed by atoms with Crippen LogP contribution in [-0.4, -0.2) is 41.8 Å². The summed E-state index contributed by atoms with van der Waals surface area (Å²) in [5.41, 5.74) is 2.68. The number of aromatic hydroxyl groups is 1. The van der Waals surface area contributed by atoms with Crippen LogP contribution in [0.5, 0.6) is 11.5 Å². The summed E-state index contributed by atoms with van der Waals surface area (Å²) in [6, 6.07) is 11.7. The Kier molecular flexibility index (Phi) is 8.22. The molecule has 0 unspecified atom stereocenters. The van der Waals surface area contributed by atoms with E-state index in [1.54, 1.807) is 7.11 Å². The standard InChI is InChI=1S/C31H44N2O3/c1-9-12-21-18-33(29(32)23(21)15-20-13-10-11-14-27(20)36-8)19-26(34)22-16-24(30(2,3)4)28(35)25(17-22)31(5,6)7/h10-11,13-14,16-17,21,23,32,35H,9,12,15,18-19H2,1-8H3/t21-,23+/m0/s1.